The number of benzene rings is 1. The Balaban J connectivity index is 2.88. The molecule has 0 bridgehead atoms. The standard InChI is InChI=1S/C15H21ClO3/c1-5-19-15(10(2)3)13(17)9-11-8-12(16)6-7-14(11)18-4/h6-8,10,15H,5,9H2,1-4H3. The zero-order chi connectivity index (χ0) is 14.4. The quantitative estimate of drug-likeness (QED) is 0.768. The lowest BCUT2D eigenvalue weighted by molar-refractivity contribution is -0.132. The van der Waals surface area contributed by atoms with Gasteiger partial charge >= 0.3 is 0 Å². The highest BCUT2D eigenvalue weighted by atomic mass is 35.5. The van der Waals surface area contributed by atoms with Gasteiger partial charge in [0.05, 0.1) is 7.11 Å². The first-order valence-corrected chi connectivity index (χ1v) is 6.84. The molecule has 3 nitrogen and oxygen atoms in total. The highest BCUT2D eigenvalue weighted by Gasteiger charge is 2.23. The normalized spacial score (nSPS) is 12.5. The molecule has 1 unspecified atom stereocenters. The molecule has 1 aromatic carbocycles. The van der Waals surface area contributed by atoms with E-state index in [0.717, 1.165) is 5.56 Å². The molecule has 0 heterocycles. The first kappa shape index (κ1) is 16.0. The van der Waals surface area contributed by atoms with Crippen molar-refractivity contribution in [1.82, 2.24) is 0 Å². The van der Waals surface area contributed by atoms with Crippen LogP contribution in [0.25, 0.3) is 0 Å². The van der Waals surface area contributed by atoms with E-state index in [1.165, 1.54) is 0 Å². The number of Topliss-reactive ketones (excluding diaryl/α,β-unsaturated/α-hetero) is 1. The molecule has 106 valence electrons. The number of carbonyl (C=O) groups excluding carboxylic acids is 1. The summed E-state index contributed by atoms with van der Waals surface area (Å²) in [6, 6.07) is 5.29. The van der Waals surface area contributed by atoms with Gasteiger partial charge in [0.25, 0.3) is 0 Å². The Bertz CT molecular complexity index is 429. The number of rotatable bonds is 7. The summed E-state index contributed by atoms with van der Waals surface area (Å²) in [5.41, 5.74) is 0.797. The van der Waals surface area contributed by atoms with Crippen molar-refractivity contribution >= 4 is 17.4 Å². The number of halogens is 1. The van der Waals surface area contributed by atoms with E-state index in [4.69, 9.17) is 21.1 Å². The monoisotopic (exact) mass is 284 g/mol. The number of methoxy groups -OCH3 is 1. The average molecular weight is 285 g/mol. The summed E-state index contributed by atoms with van der Waals surface area (Å²) < 4.78 is 10.8. The maximum absolute atomic E-state index is 12.3. The van der Waals surface area contributed by atoms with E-state index in [9.17, 15) is 4.79 Å². The lowest BCUT2D eigenvalue weighted by Gasteiger charge is -2.20. The van der Waals surface area contributed by atoms with Gasteiger partial charge in [-0.05, 0) is 31.0 Å². The molecule has 0 aliphatic carbocycles. The fourth-order valence-corrected chi connectivity index (χ4v) is 2.21. The summed E-state index contributed by atoms with van der Waals surface area (Å²) >= 11 is 5.96. The Labute approximate surface area is 119 Å². The van der Waals surface area contributed by atoms with Crippen molar-refractivity contribution in [1.29, 1.82) is 0 Å². The maximum atomic E-state index is 12.3. The lowest BCUT2D eigenvalue weighted by Crippen LogP contribution is -2.31. The highest BCUT2D eigenvalue weighted by molar-refractivity contribution is 6.30. The van der Waals surface area contributed by atoms with Crippen molar-refractivity contribution in [3.05, 3.63) is 28.8 Å². The summed E-state index contributed by atoms with van der Waals surface area (Å²) in [6.07, 6.45) is -0.110. The molecule has 0 saturated heterocycles. The molecule has 0 aliphatic rings. The first-order valence-electron chi connectivity index (χ1n) is 6.46. The molecule has 0 aliphatic heterocycles. The zero-order valence-corrected chi connectivity index (χ0v) is 12.7. The Kier molecular flexibility index (Phi) is 6.32. The van der Waals surface area contributed by atoms with Gasteiger partial charge in [-0.1, -0.05) is 25.4 Å². The van der Waals surface area contributed by atoms with Crippen LogP contribution in [0.4, 0.5) is 0 Å². The van der Waals surface area contributed by atoms with Gasteiger partial charge in [0.15, 0.2) is 5.78 Å². The lowest BCUT2D eigenvalue weighted by atomic mass is 9.97. The molecule has 0 spiro atoms. The minimum atomic E-state index is -0.381. The van der Waals surface area contributed by atoms with Crippen LogP contribution in [0.5, 0.6) is 5.75 Å². The largest absolute Gasteiger partial charge is 0.496 e. The summed E-state index contributed by atoms with van der Waals surface area (Å²) in [7, 11) is 1.58. The number of carbonyl (C=O) groups is 1. The van der Waals surface area contributed by atoms with E-state index in [-0.39, 0.29) is 24.2 Å². The van der Waals surface area contributed by atoms with Crippen LogP contribution in [0.3, 0.4) is 0 Å². The van der Waals surface area contributed by atoms with Gasteiger partial charge in [0, 0.05) is 23.6 Å². The number of ketones is 1. The third-order valence-electron chi connectivity index (χ3n) is 2.88. The van der Waals surface area contributed by atoms with Crippen molar-refractivity contribution in [2.24, 2.45) is 5.92 Å². The van der Waals surface area contributed by atoms with Crippen molar-refractivity contribution < 1.29 is 14.3 Å². The van der Waals surface area contributed by atoms with Crippen LogP contribution in [-0.2, 0) is 16.0 Å². The highest BCUT2D eigenvalue weighted by Crippen LogP contribution is 2.24. The SMILES string of the molecule is CCOC(C(=O)Cc1cc(Cl)ccc1OC)C(C)C. The molecule has 0 aromatic heterocycles. The molecule has 19 heavy (non-hydrogen) atoms. The van der Waals surface area contributed by atoms with Gasteiger partial charge in [-0.25, -0.2) is 0 Å². The second-order valence-corrected chi connectivity index (χ2v) is 5.16. The predicted molar refractivity (Wildman–Crippen MR) is 77.0 cm³/mol. The van der Waals surface area contributed by atoms with Gasteiger partial charge in [-0.15, -0.1) is 0 Å². The maximum Gasteiger partial charge on any atom is 0.166 e. The van der Waals surface area contributed by atoms with Crippen LogP contribution >= 0.6 is 11.6 Å². The predicted octanol–water partition coefficient (Wildman–Crippen LogP) is 3.52. The molecule has 0 N–H and O–H groups in total. The molecule has 1 rings (SSSR count). The summed E-state index contributed by atoms with van der Waals surface area (Å²) in [5.74, 6) is 0.881. The summed E-state index contributed by atoms with van der Waals surface area (Å²) in [4.78, 5) is 12.3. The molecule has 1 aromatic rings. The average Bonchev–Trinajstić information content (AvgIpc) is 2.35. The van der Waals surface area contributed by atoms with Crippen LogP contribution in [-0.4, -0.2) is 25.6 Å². The third kappa shape index (κ3) is 4.51. The van der Waals surface area contributed by atoms with E-state index in [0.29, 0.717) is 17.4 Å². The van der Waals surface area contributed by atoms with Gasteiger partial charge in [0.2, 0.25) is 0 Å². The van der Waals surface area contributed by atoms with E-state index in [1.807, 2.05) is 20.8 Å². The van der Waals surface area contributed by atoms with Gasteiger partial charge in [-0.2, -0.15) is 0 Å². The number of ether oxygens (including phenoxy) is 2. The first-order chi connectivity index (χ1) is 8.99. The molecule has 1 atom stereocenters. The van der Waals surface area contributed by atoms with Gasteiger partial charge in [0.1, 0.15) is 11.9 Å². The topological polar surface area (TPSA) is 35.5 Å². The summed E-state index contributed by atoms with van der Waals surface area (Å²) in [6.45, 7) is 6.38. The Hall–Kier alpha value is -1.06. The van der Waals surface area contributed by atoms with Crippen molar-refractivity contribution in [2.75, 3.05) is 13.7 Å². The smallest absolute Gasteiger partial charge is 0.166 e. The van der Waals surface area contributed by atoms with Crippen LogP contribution in [0, 0.1) is 5.92 Å². The van der Waals surface area contributed by atoms with Crippen molar-refractivity contribution in [2.45, 2.75) is 33.3 Å². The molecule has 0 saturated carbocycles. The molecule has 0 fully saturated rings. The van der Waals surface area contributed by atoms with Crippen molar-refractivity contribution in [3.63, 3.8) is 0 Å². The molecule has 0 amide bonds. The summed E-state index contributed by atoms with van der Waals surface area (Å²) in [5, 5.41) is 0.598. The number of hydrogen-bond donors (Lipinski definition) is 0. The molecule has 4 heteroatoms. The van der Waals surface area contributed by atoms with Crippen LogP contribution < -0.4 is 4.74 Å². The van der Waals surface area contributed by atoms with Gasteiger partial charge in [-0.3, -0.25) is 4.79 Å². The molecule has 0 radical (unpaired) electrons. The van der Waals surface area contributed by atoms with E-state index >= 15 is 0 Å². The number of hydrogen-bond acceptors (Lipinski definition) is 3. The zero-order valence-electron chi connectivity index (χ0n) is 11.9. The Morgan fingerprint density at radius 1 is 1.37 bits per heavy atom. The fourth-order valence-electron chi connectivity index (χ4n) is 2.01. The van der Waals surface area contributed by atoms with Crippen LogP contribution in [0.2, 0.25) is 5.02 Å². The van der Waals surface area contributed by atoms with Gasteiger partial charge < -0.3 is 9.47 Å². The third-order valence-corrected chi connectivity index (χ3v) is 3.11. The van der Waals surface area contributed by atoms with Crippen LogP contribution in [0.1, 0.15) is 26.3 Å². The fraction of sp³-hybridized carbons (Fsp3) is 0.533. The Morgan fingerprint density at radius 2 is 2.05 bits per heavy atom. The Morgan fingerprint density at radius 3 is 2.58 bits per heavy atom. The van der Waals surface area contributed by atoms with E-state index < -0.39 is 0 Å². The van der Waals surface area contributed by atoms with E-state index in [2.05, 4.69) is 0 Å². The second kappa shape index (κ2) is 7.51. The minimum Gasteiger partial charge on any atom is -0.496 e. The van der Waals surface area contributed by atoms with Crippen LogP contribution in [0.15, 0.2) is 18.2 Å². The van der Waals surface area contributed by atoms with E-state index in [1.54, 1.807) is 25.3 Å². The molecular formula is C15H21ClO3. The minimum absolute atomic E-state index is 0.0532. The second-order valence-electron chi connectivity index (χ2n) is 4.72. The van der Waals surface area contributed by atoms with Crippen molar-refractivity contribution in [3.8, 4) is 5.75 Å². The molecular weight excluding hydrogens is 264 g/mol.